The molecule has 0 aliphatic carbocycles. The zero-order valence-electron chi connectivity index (χ0n) is 24.0. The number of hydrogen-bond donors (Lipinski definition) is 0. The Morgan fingerprint density at radius 1 is 1.30 bits per heavy atom. The van der Waals surface area contributed by atoms with Gasteiger partial charge >= 0.3 is 0 Å². The molecular weight excluding hydrogens is 490 g/mol. The van der Waals surface area contributed by atoms with E-state index < -0.39 is 18.7 Å². The summed E-state index contributed by atoms with van der Waals surface area (Å²) in [5, 5.41) is 13.3. The van der Waals surface area contributed by atoms with Gasteiger partial charge < -0.3 is 19.1 Å². The van der Waals surface area contributed by atoms with Gasteiger partial charge in [0, 0.05) is 60.9 Å². The Bertz CT molecular complexity index is 1600. The lowest BCUT2D eigenvalue weighted by Gasteiger charge is -2.36. The Labute approximate surface area is 223 Å². The SMILES string of the molecule is [2H]C([2H])([2H])OC1(C)C(C)CCN1C(=O)c1nn(-c2ccsc2)c2c1COc1cc(OC)c(-c3ccn(C)n3)cc1-2. The molecule has 0 saturated carbocycles. The smallest absolute Gasteiger partial charge is 0.277 e. The van der Waals surface area contributed by atoms with Gasteiger partial charge in [-0.25, -0.2) is 4.68 Å². The van der Waals surface area contributed by atoms with Crippen LogP contribution in [0, 0.1) is 5.92 Å². The molecule has 0 bridgehead atoms. The van der Waals surface area contributed by atoms with Crippen molar-refractivity contribution in [2.45, 2.75) is 32.6 Å². The fourth-order valence-electron chi connectivity index (χ4n) is 5.21. The molecule has 4 aromatic rings. The van der Waals surface area contributed by atoms with E-state index in [1.807, 2.05) is 55.2 Å². The number of ether oxygens (including phenoxy) is 3. The van der Waals surface area contributed by atoms with Crippen molar-refractivity contribution in [3.05, 3.63) is 52.5 Å². The number of methoxy groups -OCH3 is 2. The second-order valence-electron chi connectivity index (χ2n) is 9.58. The molecule has 2 atom stereocenters. The fraction of sp³-hybridized carbons (Fsp3) is 0.370. The summed E-state index contributed by atoms with van der Waals surface area (Å²) in [6.45, 7) is 4.02. The molecule has 1 amide bonds. The molecule has 2 aliphatic rings. The van der Waals surface area contributed by atoms with E-state index >= 15 is 0 Å². The van der Waals surface area contributed by atoms with Gasteiger partial charge in [-0.2, -0.15) is 21.5 Å². The number of thiophene rings is 1. The number of carbonyl (C=O) groups is 1. The summed E-state index contributed by atoms with van der Waals surface area (Å²) in [6.07, 6.45) is 2.47. The van der Waals surface area contributed by atoms with Gasteiger partial charge in [0.15, 0.2) is 5.69 Å². The van der Waals surface area contributed by atoms with Gasteiger partial charge in [-0.1, -0.05) is 6.92 Å². The molecule has 2 aliphatic heterocycles. The molecule has 1 saturated heterocycles. The highest BCUT2D eigenvalue weighted by molar-refractivity contribution is 7.08. The molecule has 0 spiro atoms. The molecule has 1 fully saturated rings. The lowest BCUT2D eigenvalue weighted by molar-refractivity contribution is -0.104. The van der Waals surface area contributed by atoms with Crippen molar-refractivity contribution in [1.82, 2.24) is 24.5 Å². The third kappa shape index (κ3) is 3.58. The zero-order chi connectivity index (χ0) is 28.4. The second kappa shape index (κ2) is 8.74. The minimum atomic E-state index is -2.66. The number of rotatable bonds is 5. The lowest BCUT2D eigenvalue weighted by Crippen LogP contribution is -2.49. The number of aromatic nitrogens is 4. The standard InChI is InChI=1S/C27H29N5O4S/c1-16-6-10-31(27(16,2)35-5)26(33)24-20-14-36-23-13-22(34-4)18(21-7-9-30(3)28-21)12-19(23)25(20)32(29-24)17-8-11-37-15-17/h7-9,11-13,15-16H,6,10,14H2,1-5H3/i5D3. The maximum Gasteiger partial charge on any atom is 0.277 e. The van der Waals surface area contributed by atoms with Gasteiger partial charge in [-0.3, -0.25) is 9.48 Å². The number of fused-ring (bicyclic) bond motifs is 3. The molecule has 10 heteroatoms. The van der Waals surface area contributed by atoms with Crippen LogP contribution in [-0.4, -0.2) is 56.8 Å². The molecule has 37 heavy (non-hydrogen) atoms. The third-order valence-electron chi connectivity index (χ3n) is 7.54. The van der Waals surface area contributed by atoms with Crippen molar-refractivity contribution in [3.63, 3.8) is 0 Å². The minimum Gasteiger partial charge on any atom is -0.496 e. The minimum absolute atomic E-state index is 0.111. The molecule has 9 nitrogen and oxygen atoms in total. The molecule has 0 radical (unpaired) electrons. The first-order valence-electron chi connectivity index (χ1n) is 13.5. The van der Waals surface area contributed by atoms with Crippen molar-refractivity contribution < 1.29 is 23.1 Å². The van der Waals surface area contributed by atoms with Crippen LogP contribution >= 0.6 is 11.3 Å². The summed E-state index contributed by atoms with van der Waals surface area (Å²) in [5.41, 5.74) is 3.30. The summed E-state index contributed by atoms with van der Waals surface area (Å²) in [6, 6.07) is 7.62. The molecule has 2 unspecified atom stereocenters. The van der Waals surface area contributed by atoms with Crippen LogP contribution in [0.5, 0.6) is 11.5 Å². The first-order chi connectivity index (χ1) is 19.0. The van der Waals surface area contributed by atoms with E-state index in [4.69, 9.17) is 23.4 Å². The number of hydrogen-bond acceptors (Lipinski definition) is 7. The Morgan fingerprint density at radius 3 is 2.86 bits per heavy atom. The zero-order valence-corrected chi connectivity index (χ0v) is 21.8. The van der Waals surface area contributed by atoms with Gasteiger partial charge in [0.05, 0.1) is 28.3 Å². The Morgan fingerprint density at radius 2 is 2.16 bits per heavy atom. The van der Waals surface area contributed by atoms with Crippen LogP contribution in [0.1, 0.15) is 40.4 Å². The number of aryl methyl sites for hydroxylation is 1. The maximum absolute atomic E-state index is 14.2. The first kappa shape index (κ1) is 20.4. The van der Waals surface area contributed by atoms with E-state index in [1.54, 1.807) is 23.4 Å². The van der Waals surface area contributed by atoms with Crippen LogP contribution < -0.4 is 9.47 Å². The Hall–Kier alpha value is -3.63. The quantitative estimate of drug-likeness (QED) is 0.376. The van der Waals surface area contributed by atoms with Gasteiger partial charge in [-0.15, -0.1) is 0 Å². The molecule has 6 rings (SSSR count). The van der Waals surface area contributed by atoms with Crippen molar-refractivity contribution in [1.29, 1.82) is 0 Å². The number of benzene rings is 1. The van der Waals surface area contributed by atoms with Gasteiger partial charge in [0.1, 0.15) is 23.8 Å². The molecular formula is C27H29N5O4S. The van der Waals surface area contributed by atoms with E-state index in [2.05, 4.69) is 5.10 Å². The highest BCUT2D eigenvalue weighted by Crippen LogP contribution is 2.46. The third-order valence-corrected chi connectivity index (χ3v) is 8.21. The summed E-state index contributed by atoms with van der Waals surface area (Å²) in [5.74, 6) is 0.635. The second-order valence-corrected chi connectivity index (χ2v) is 10.4. The fourth-order valence-corrected chi connectivity index (χ4v) is 5.82. The van der Waals surface area contributed by atoms with Crippen LogP contribution in [-0.2, 0) is 18.4 Å². The lowest BCUT2D eigenvalue weighted by atomic mass is 9.97. The van der Waals surface area contributed by atoms with Crippen molar-refractivity contribution in [3.8, 4) is 39.7 Å². The summed E-state index contributed by atoms with van der Waals surface area (Å²) < 4.78 is 44.0. The van der Waals surface area contributed by atoms with Gasteiger partial charge in [0.25, 0.3) is 5.91 Å². The highest BCUT2D eigenvalue weighted by atomic mass is 32.1. The first-order valence-corrected chi connectivity index (χ1v) is 13.0. The highest BCUT2D eigenvalue weighted by Gasteiger charge is 2.47. The van der Waals surface area contributed by atoms with Crippen LogP contribution in [0.4, 0.5) is 0 Å². The molecule has 0 N–H and O–H groups in total. The van der Waals surface area contributed by atoms with E-state index in [0.717, 1.165) is 28.2 Å². The van der Waals surface area contributed by atoms with Crippen LogP contribution in [0.25, 0.3) is 28.2 Å². The van der Waals surface area contributed by atoms with Crippen molar-refractivity contribution >= 4 is 17.2 Å². The van der Waals surface area contributed by atoms with Gasteiger partial charge in [-0.05, 0) is 36.9 Å². The Balaban J connectivity index is 1.52. The summed E-state index contributed by atoms with van der Waals surface area (Å²) in [7, 11) is 0.788. The predicted octanol–water partition coefficient (Wildman–Crippen LogP) is 4.75. The number of nitrogens with zero attached hydrogens (tertiary/aromatic N) is 5. The molecule has 3 aromatic heterocycles. The predicted molar refractivity (Wildman–Crippen MR) is 140 cm³/mol. The Kier molecular flexibility index (Phi) is 4.83. The van der Waals surface area contributed by atoms with Crippen LogP contribution in [0.15, 0.2) is 41.2 Å². The van der Waals surface area contributed by atoms with Crippen LogP contribution in [0.2, 0.25) is 0 Å². The van der Waals surface area contributed by atoms with Crippen LogP contribution in [0.3, 0.4) is 0 Å². The largest absolute Gasteiger partial charge is 0.496 e. The summed E-state index contributed by atoms with van der Waals surface area (Å²) in [4.78, 5) is 15.6. The number of carbonyl (C=O) groups excluding carboxylic acids is 1. The van der Waals surface area contributed by atoms with Crippen molar-refractivity contribution in [2.75, 3.05) is 20.7 Å². The molecule has 5 heterocycles. The molecule has 192 valence electrons. The topological polar surface area (TPSA) is 83.6 Å². The van der Waals surface area contributed by atoms with Gasteiger partial charge in [0.2, 0.25) is 0 Å². The molecule has 1 aromatic carbocycles. The summed E-state index contributed by atoms with van der Waals surface area (Å²) >= 11 is 1.52. The van der Waals surface area contributed by atoms with E-state index in [9.17, 15) is 4.79 Å². The maximum atomic E-state index is 14.2. The van der Waals surface area contributed by atoms with E-state index in [-0.39, 0.29) is 18.2 Å². The van der Waals surface area contributed by atoms with E-state index in [0.29, 0.717) is 30.0 Å². The number of likely N-dealkylation sites (tertiary alicyclic amines) is 1. The monoisotopic (exact) mass is 522 g/mol. The van der Waals surface area contributed by atoms with Crippen molar-refractivity contribution in [2.24, 2.45) is 13.0 Å². The number of amides is 1. The average molecular weight is 523 g/mol. The van der Waals surface area contributed by atoms with E-state index in [1.165, 1.54) is 16.2 Å². The average Bonchev–Trinajstić information content (AvgIpc) is 3.69. The normalized spacial score (nSPS) is 22.0.